The summed E-state index contributed by atoms with van der Waals surface area (Å²) in [5.74, 6) is 1.11. The van der Waals surface area contributed by atoms with Crippen LogP contribution in [-0.4, -0.2) is 131 Å². The van der Waals surface area contributed by atoms with Gasteiger partial charge in [-0.15, -0.1) is 0 Å². The van der Waals surface area contributed by atoms with Crippen LogP contribution in [0, 0.1) is 17.2 Å². The Morgan fingerprint density at radius 3 is 2.30 bits per heavy atom. The molecule has 5 fully saturated rings. The molecule has 7 rings (SSSR count). The highest BCUT2D eigenvalue weighted by atomic mass is 32.2. The molecule has 1 aliphatic carbocycles. The van der Waals surface area contributed by atoms with E-state index >= 15 is 0 Å². The number of nitrogens with zero attached hydrogens (tertiary/aromatic N) is 7. The molecule has 2 atom stereocenters. The number of carbonyl (C=O) groups excluding carboxylic acids is 2. The van der Waals surface area contributed by atoms with Crippen LogP contribution in [0.3, 0.4) is 0 Å². The number of carbonyl (C=O) groups is 2. The van der Waals surface area contributed by atoms with Crippen molar-refractivity contribution in [1.29, 1.82) is 0 Å². The summed E-state index contributed by atoms with van der Waals surface area (Å²) < 4.78 is 57.8. The maximum Gasteiger partial charge on any atom is 0.410 e. The molecule has 1 spiro atoms. The third-order valence-corrected chi connectivity index (χ3v) is 14.2. The fraction of sp³-hybridized carbons (Fsp3) is 0.707. The van der Waals surface area contributed by atoms with E-state index in [1.165, 1.54) is 24.5 Å². The second-order valence-corrected chi connectivity index (χ2v) is 20.3. The van der Waals surface area contributed by atoms with E-state index in [0.717, 1.165) is 71.2 Å². The number of likely N-dealkylation sites (tertiary alicyclic amines) is 2. The fourth-order valence-electron chi connectivity index (χ4n) is 9.72. The number of hydrogen-bond donors (Lipinski definition) is 1. The largest absolute Gasteiger partial charge is 0.451 e. The molecule has 2 amide bonds. The first-order valence-corrected chi connectivity index (χ1v) is 22.2. The third kappa shape index (κ3) is 9.18. The van der Waals surface area contributed by atoms with Crippen molar-refractivity contribution < 1.29 is 31.9 Å². The van der Waals surface area contributed by atoms with Gasteiger partial charge in [-0.2, -0.15) is 17.4 Å². The zero-order valence-corrected chi connectivity index (χ0v) is 35.4. The number of ether oxygens (including phenoxy) is 2. The molecule has 1 aromatic heterocycles. The van der Waals surface area contributed by atoms with E-state index in [9.17, 15) is 22.4 Å². The van der Waals surface area contributed by atoms with E-state index < -0.39 is 21.6 Å². The number of rotatable bonds is 11. The first kappa shape index (κ1) is 41.6. The third-order valence-electron chi connectivity index (χ3n) is 12.5. The SMILES string of the molecule is CC(C)N(C(=O)c1cc(F)ccc1Oc1cncnc1N1CC2(CCN(CC3CCC(NS(=O)(=O)N4C[C@@H]5C[C@H]4CN5C(=O)OC(C)(C)C)CC3)CC2)C1)C(C)C. The minimum Gasteiger partial charge on any atom is -0.451 e. The Bertz CT molecular complexity index is 1880. The van der Waals surface area contributed by atoms with Gasteiger partial charge < -0.3 is 29.1 Å². The van der Waals surface area contributed by atoms with Gasteiger partial charge >= 0.3 is 6.09 Å². The molecule has 0 radical (unpaired) electrons. The Balaban J connectivity index is 0.864. The Morgan fingerprint density at radius 1 is 1.00 bits per heavy atom. The summed E-state index contributed by atoms with van der Waals surface area (Å²) in [5, 5.41) is 0. The van der Waals surface area contributed by atoms with Gasteiger partial charge in [-0.3, -0.25) is 4.79 Å². The molecule has 2 aromatic rings. The maximum atomic E-state index is 14.4. The molecule has 1 saturated carbocycles. The second-order valence-electron chi connectivity index (χ2n) is 18.6. The lowest BCUT2D eigenvalue weighted by Crippen LogP contribution is -2.61. The van der Waals surface area contributed by atoms with Crippen molar-refractivity contribution in [1.82, 2.24) is 33.7 Å². The number of fused-ring (bicyclic) bond motifs is 2. The molecule has 1 aromatic carbocycles. The van der Waals surface area contributed by atoms with Crippen LogP contribution in [0.4, 0.5) is 15.0 Å². The van der Waals surface area contributed by atoms with Crippen LogP contribution in [0.1, 0.15) is 104 Å². The highest BCUT2D eigenvalue weighted by Crippen LogP contribution is 2.45. The molecule has 4 saturated heterocycles. The van der Waals surface area contributed by atoms with Gasteiger partial charge in [-0.1, -0.05) is 0 Å². The monoisotopic (exact) mass is 812 g/mol. The summed E-state index contributed by atoms with van der Waals surface area (Å²) in [5.41, 5.74) is -0.229. The summed E-state index contributed by atoms with van der Waals surface area (Å²) in [6.07, 6.45) is 9.19. The molecule has 1 N–H and O–H groups in total. The maximum absolute atomic E-state index is 14.4. The second kappa shape index (κ2) is 16.2. The zero-order chi connectivity index (χ0) is 40.9. The van der Waals surface area contributed by atoms with Gasteiger partial charge in [0, 0.05) is 62.3 Å². The summed E-state index contributed by atoms with van der Waals surface area (Å²) >= 11 is 0. The van der Waals surface area contributed by atoms with Crippen LogP contribution < -0.4 is 14.4 Å². The van der Waals surface area contributed by atoms with Gasteiger partial charge in [0.25, 0.3) is 16.1 Å². The number of anilines is 1. The van der Waals surface area contributed by atoms with Crippen molar-refractivity contribution in [2.24, 2.45) is 11.3 Å². The molecule has 4 aliphatic heterocycles. The van der Waals surface area contributed by atoms with Crippen molar-refractivity contribution in [2.45, 2.75) is 129 Å². The number of halogens is 1. The summed E-state index contributed by atoms with van der Waals surface area (Å²) in [4.78, 5) is 43.2. The molecule has 14 nitrogen and oxygen atoms in total. The number of amides is 2. The van der Waals surface area contributed by atoms with Crippen LogP contribution in [0.2, 0.25) is 0 Å². The van der Waals surface area contributed by atoms with E-state index in [-0.39, 0.29) is 58.9 Å². The van der Waals surface area contributed by atoms with Gasteiger partial charge in [-0.05, 0) is 131 Å². The molecule has 57 heavy (non-hydrogen) atoms. The first-order valence-electron chi connectivity index (χ1n) is 20.8. The molecular formula is C41H61FN8O6S. The first-order chi connectivity index (χ1) is 26.9. The minimum atomic E-state index is -3.64. The van der Waals surface area contributed by atoms with Gasteiger partial charge in [-0.25, -0.2) is 19.2 Å². The molecule has 0 unspecified atom stereocenters. The summed E-state index contributed by atoms with van der Waals surface area (Å²) in [6, 6.07) is 3.46. The molecule has 5 heterocycles. The number of piperazine rings is 1. The highest BCUT2D eigenvalue weighted by Gasteiger charge is 2.51. The molecule has 5 aliphatic rings. The van der Waals surface area contributed by atoms with Crippen molar-refractivity contribution in [3.05, 3.63) is 42.1 Å². The van der Waals surface area contributed by atoms with E-state index in [0.29, 0.717) is 37.0 Å². The number of benzene rings is 1. The van der Waals surface area contributed by atoms with Crippen molar-refractivity contribution in [3.8, 4) is 11.5 Å². The standard InChI is InChI=1S/C41H61FN8O6S/c1-27(2)50(28(3)4)38(51)34-18-30(42)10-13-35(34)55-36-20-43-26-44-37(36)47-24-41(25-47)14-16-46(17-15-41)21-29-8-11-31(12-9-29)45-57(53,54)49-23-32-19-33(49)22-48(32)39(52)56-40(5,6)7/h10,13,18,20,26-29,31-33,45H,8-9,11-12,14-17,19,21-25H2,1-7H3/t29?,31?,32-,33-/m0/s1. The van der Waals surface area contributed by atoms with E-state index in [1.807, 2.05) is 48.5 Å². The fourth-order valence-corrected chi connectivity index (χ4v) is 11.4. The average Bonchev–Trinajstić information content (AvgIpc) is 3.75. The Morgan fingerprint density at radius 2 is 1.68 bits per heavy atom. The predicted octanol–water partition coefficient (Wildman–Crippen LogP) is 5.66. The quantitative estimate of drug-likeness (QED) is 0.303. The van der Waals surface area contributed by atoms with E-state index in [1.54, 1.807) is 20.3 Å². The van der Waals surface area contributed by atoms with Crippen LogP contribution in [-0.2, 0) is 14.9 Å². The van der Waals surface area contributed by atoms with Crippen LogP contribution in [0.25, 0.3) is 0 Å². The van der Waals surface area contributed by atoms with Crippen LogP contribution in [0.5, 0.6) is 11.5 Å². The predicted molar refractivity (Wildman–Crippen MR) is 215 cm³/mol. The van der Waals surface area contributed by atoms with Crippen LogP contribution in [0.15, 0.2) is 30.7 Å². The smallest absolute Gasteiger partial charge is 0.410 e. The van der Waals surface area contributed by atoms with Gasteiger partial charge in [0.15, 0.2) is 11.6 Å². The summed E-state index contributed by atoms with van der Waals surface area (Å²) in [6.45, 7) is 18.7. The Hall–Kier alpha value is -3.60. The Kier molecular flexibility index (Phi) is 11.8. The van der Waals surface area contributed by atoms with Crippen molar-refractivity contribution in [3.63, 3.8) is 0 Å². The van der Waals surface area contributed by atoms with Crippen molar-refractivity contribution >= 4 is 28.0 Å². The Labute approximate surface area is 337 Å². The van der Waals surface area contributed by atoms with Gasteiger partial charge in [0.1, 0.15) is 23.5 Å². The number of nitrogens with one attached hydrogen (secondary N) is 1. The topological polar surface area (TPSA) is 141 Å². The van der Waals surface area contributed by atoms with Crippen molar-refractivity contribution in [2.75, 3.05) is 50.7 Å². The molecule has 314 valence electrons. The zero-order valence-electron chi connectivity index (χ0n) is 34.6. The van der Waals surface area contributed by atoms with Gasteiger partial charge in [0.2, 0.25) is 0 Å². The van der Waals surface area contributed by atoms with Crippen LogP contribution >= 0.6 is 0 Å². The lowest BCUT2D eigenvalue weighted by Gasteiger charge is -2.54. The highest BCUT2D eigenvalue weighted by molar-refractivity contribution is 7.87. The minimum absolute atomic E-state index is 0.0708. The number of aromatic nitrogens is 2. The average molecular weight is 813 g/mol. The van der Waals surface area contributed by atoms with E-state index in [4.69, 9.17) is 9.47 Å². The molecular weight excluding hydrogens is 752 g/mol. The number of piperidine rings is 1. The normalized spacial score (nSPS) is 25.3. The summed E-state index contributed by atoms with van der Waals surface area (Å²) in [7, 11) is -3.64. The lowest BCUT2D eigenvalue weighted by molar-refractivity contribution is 0.0171. The molecule has 16 heteroatoms. The van der Waals surface area contributed by atoms with Gasteiger partial charge in [0.05, 0.1) is 17.8 Å². The van der Waals surface area contributed by atoms with E-state index in [2.05, 4.69) is 24.5 Å². The molecule has 2 bridgehead atoms. The number of hydrogen-bond acceptors (Lipinski definition) is 10. The lowest BCUT2D eigenvalue weighted by atomic mass is 9.71.